The molecule has 0 amide bonds. The highest BCUT2D eigenvalue weighted by Gasteiger charge is 2.09. The van der Waals surface area contributed by atoms with Crippen LogP contribution >= 0.6 is 0 Å². The van der Waals surface area contributed by atoms with Crippen LogP contribution in [0.5, 0.6) is 11.5 Å². The van der Waals surface area contributed by atoms with E-state index in [9.17, 15) is 4.79 Å². The van der Waals surface area contributed by atoms with Crippen LogP contribution in [-0.4, -0.2) is 71.9 Å². The molecule has 7 nitrogen and oxygen atoms in total. The number of carbonyl (C=O) groups excluding carboxylic acids is 1. The van der Waals surface area contributed by atoms with Crippen molar-refractivity contribution in [3.63, 3.8) is 0 Å². The predicted molar refractivity (Wildman–Crippen MR) is 99.6 cm³/mol. The van der Waals surface area contributed by atoms with Crippen LogP contribution in [0.15, 0.2) is 30.9 Å². The summed E-state index contributed by atoms with van der Waals surface area (Å²) < 4.78 is 33.3. The molecule has 1 aromatic carbocycles. The Morgan fingerprint density at radius 2 is 1.26 bits per heavy atom. The number of fused-ring (bicyclic) bond motifs is 1. The zero-order chi connectivity index (χ0) is 19.2. The molecule has 0 atom stereocenters. The first-order valence-corrected chi connectivity index (χ1v) is 9.14. The molecule has 0 radical (unpaired) electrons. The van der Waals surface area contributed by atoms with E-state index in [1.54, 1.807) is 6.07 Å². The van der Waals surface area contributed by atoms with E-state index in [0.29, 0.717) is 77.6 Å². The maximum absolute atomic E-state index is 11.6. The highest BCUT2D eigenvalue weighted by atomic mass is 16.6. The zero-order valence-electron chi connectivity index (χ0n) is 15.7. The molecule has 0 aliphatic carbocycles. The van der Waals surface area contributed by atoms with Gasteiger partial charge in [0.15, 0.2) is 17.3 Å². The average molecular weight is 380 g/mol. The fourth-order valence-electron chi connectivity index (χ4n) is 2.35. The number of ketones is 1. The Hall–Kier alpha value is -1.93. The van der Waals surface area contributed by atoms with Crippen LogP contribution in [0.25, 0.3) is 0 Å². The third-order valence-corrected chi connectivity index (χ3v) is 3.70. The van der Waals surface area contributed by atoms with Crippen molar-refractivity contribution in [3.8, 4) is 11.5 Å². The van der Waals surface area contributed by atoms with E-state index in [4.69, 9.17) is 28.4 Å². The van der Waals surface area contributed by atoms with Gasteiger partial charge in [-0.3, -0.25) is 4.79 Å². The van der Waals surface area contributed by atoms with Gasteiger partial charge < -0.3 is 28.4 Å². The number of rotatable bonds is 3. The van der Waals surface area contributed by atoms with E-state index in [0.717, 1.165) is 5.56 Å². The Morgan fingerprint density at radius 3 is 1.78 bits per heavy atom. The van der Waals surface area contributed by atoms with Gasteiger partial charge in [0.2, 0.25) is 0 Å². The molecule has 0 spiro atoms. The van der Waals surface area contributed by atoms with Crippen LogP contribution in [0.1, 0.15) is 5.56 Å². The van der Waals surface area contributed by atoms with Crippen molar-refractivity contribution in [1.29, 1.82) is 0 Å². The van der Waals surface area contributed by atoms with Gasteiger partial charge in [-0.2, -0.15) is 0 Å². The number of hydrogen-bond acceptors (Lipinski definition) is 7. The molecule has 0 fully saturated rings. The van der Waals surface area contributed by atoms with E-state index in [2.05, 4.69) is 6.58 Å². The molecule has 0 aromatic heterocycles. The standard InChI is InChI=1S/C20H28O7/c1-2-18(21)15-17-3-4-19-20(16-17)27-14-12-25-10-8-23-6-5-22-7-9-24-11-13-26-19/h2-4,16H,1,5-15H2. The van der Waals surface area contributed by atoms with Crippen molar-refractivity contribution in [2.24, 2.45) is 0 Å². The highest BCUT2D eigenvalue weighted by Crippen LogP contribution is 2.29. The summed E-state index contributed by atoms with van der Waals surface area (Å²) >= 11 is 0. The van der Waals surface area contributed by atoms with Crippen molar-refractivity contribution >= 4 is 5.78 Å². The largest absolute Gasteiger partial charge is 0.487 e. The Balaban J connectivity index is 1.95. The van der Waals surface area contributed by atoms with E-state index < -0.39 is 0 Å². The number of allylic oxidation sites excluding steroid dienone is 1. The highest BCUT2D eigenvalue weighted by molar-refractivity contribution is 5.90. The van der Waals surface area contributed by atoms with E-state index >= 15 is 0 Å². The Bertz CT molecular complexity index is 573. The maximum Gasteiger partial charge on any atom is 0.161 e. The topological polar surface area (TPSA) is 72.5 Å². The van der Waals surface area contributed by atoms with Crippen LogP contribution in [0.4, 0.5) is 0 Å². The third kappa shape index (κ3) is 9.01. The quantitative estimate of drug-likeness (QED) is 0.741. The summed E-state index contributed by atoms with van der Waals surface area (Å²) in [6.45, 7) is 8.21. The lowest BCUT2D eigenvalue weighted by Gasteiger charge is -2.15. The fourth-order valence-corrected chi connectivity index (χ4v) is 2.35. The van der Waals surface area contributed by atoms with Crippen LogP contribution in [0, 0.1) is 0 Å². The van der Waals surface area contributed by atoms with Gasteiger partial charge in [-0.1, -0.05) is 12.6 Å². The van der Waals surface area contributed by atoms with Crippen LogP contribution in [0.3, 0.4) is 0 Å². The van der Waals surface area contributed by atoms with E-state index in [-0.39, 0.29) is 12.2 Å². The molecule has 150 valence electrons. The maximum atomic E-state index is 11.6. The number of hydrogen-bond donors (Lipinski definition) is 0. The van der Waals surface area contributed by atoms with Crippen molar-refractivity contribution in [3.05, 3.63) is 36.4 Å². The lowest BCUT2D eigenvalue weighted by molar-refractivity contribution is -0.114. The summed E-state index contributed by atoms with van der Waals surface area (Å²) in [7, 11) is 0. The third-order valence-electron chi connectivity index (χ3n) is 3.70. The first-order chi connectivity index (χ1) is 13.3. The van der Waals surface area contributed by atoms with Crippen LogP contribution < -0.4 is 9.47 Å². The van der Waals surface area contributed by atoms with Gasteiger partial charge in [0.25, 0.3) is 0 Å². The van der Waals surface area contributed by atoms with Crippen molar-refractivity contribution in [2.75, 3.05) is 66.1 Å². The summed E-state index contributed by atoms with van der Waals surface area (Å²) in [5.41, 5.74) is 0.840. The summed E-state index contributed by atoms with van der Waals surface area (Å²) in [6.07, 6.45) is 1.59. The second-order valence-corrected chi connectivity index (χ2v) is 5.77. The van der Waals surface area contributed by atoms with Crippen molar-refractivity contribution in [1.82, 2.24) is 0 Å². The van der Waals surface area contributed by atoms with Crippen molar-refractivity contribution < 1.29 is 33.2 Å². The molecule has 0 saturated heterocycles. The summed E-state index contributed by atoms with van der Waals surface area (Å²) in [5, 5.41) is 0. The molecule has 1 aliphatic heterocycles. The molecule has 27 heavy (non-hydrogen) atoms. The minimum absolute atomic E-state index is 0.0463. The van der Waals surface area contributed by atoms with Gasteiger partial charge in [-0.15, -0.1) is 0 Å². The molecule has 0 bridgehead atoms. The molecule has 0 N–H and O–H groups in total. The molecule has 0 unspecified atom stereocenters. The molecule has 7 heteroatoms. The Kier molecular flexibility index (Phi) is 10.5. The van der Waals surface area contributed by atoms with Gasteiger partial charge in [0.1, 0.15) is 13.2 Å². The molecule has 2 rings (SSSR count). The molecule has 0 saturated carbocycles. The molecular formula is C20H28O7. The van der Waals surface area contributed by atoms with Crippen LogP contribution in [0.2, 0.25) is 0 Å². The second kappa shape index (κ2) is 13.3. The molecule has 1 heterocycles. The first kappa shape index (κ1) is 21.4. The minimum atomic E-state index is -0.0463. The smallest absolute Gasteiger partial charge is 0.161 e. The molecule has 1 aliphatic rings. The van der Waals surface area contributed by atoms with Gasteiger partial charge in [0, 0.05) is 6.42 Å². The van der Waals surface area contributed by atoms with Crippen molar-refractivity contribution in [2.45, 2.75) is 6.42 Å². The summed E-state index contributed by atoms with van der Waals surface area (Å²) in [4.78, 5) is 11.6. The zero-order valence-corrected chi connectivity index (χ0v) is 15.7. The number of benzene rings is 1. The lowest BCUT2D eigenvalue weighted by atomic mass is 10.1. The SMILES string of the molecule is C=CC(=O)Cc1ccc2c(c1)OCCOCCOCCOCCOCCO2. The normalized spacial score (nSPS) is 18.1. The van der Waals surface area contributed by atoms with Crippen LogP contribution in [-0.2, 0) is 30.2 Å². The monoisotopic (exact) mass is 380 g/mol. The first-order valence-electron chi connectivity index (χ1n) is 9.14. The van der Waals surface area contributed by atoms with Gasteiger partial charge in [-0.05, 0) is 23.8 Å². The average Bonchev–Trinajstić information content (AvgIpc) is 2.68. The fraction of sp³-hybridized carbons (Fsp3) is 0.550. The second-order valence-electron chi connectivity index (χ2n) is 5.77. The molecule has 1 aromatic rings. The van der Waals surface area contributed by atoms with E-state index in [1.165, 1.54) is 6.08 Å². The van der Waals surface area contributed by atoms with Gasteiger partial charge >= 0.3 is 0 Å². The molecular weight excluding hydrogens is 352 g/mol. The van der Waals surface area contributed by atoms with Gasteiger partial charge in [-0.25, -0.2) is 0 Å². The number of carbonyl (C=O) groups is 1. The Labute approximate surface area is 160 Å². The number of ether oxygens (including phenoxy) is 6. The van der Waals surface area contributed by atoms with Gasteiger partial charge in [0.05, 0.1) is 52.9 Å². The summed E-state index contributed by atoms with van der Waals surface area (Å²) in [5.74, 6) is 1.14. The lowest BCUT2D eigenvalue weighted by Crippen LogP contribution is -2.16. The summed E-state index contributed by atoms with van der Waals surface area (Å²) in [6, 6.07) is 5.46. The van der Waals surface area contributed by atoms with E-state index in [1.807, 2.05) is 12.1 Å². The minimum Gasteiger partial charge on any atom is -0.487 e. The Morgan fingerprint density at radius 1 is 0.778 bits per heavy atom. The predicted octanol–water partition coefficient (Wildman–Crippen LogP) is 1.82.